The van der Waals surface area contributed by atoms with Crippen molar-refractivity contribution < 1.29 is 14.2 Å². The molecule has 0 unspecified atom stereocenters. The molecule has 1 aromatic carbocycles. The van der Waals surface area contributed by atoms with Gasteiger partial charge in [-0.1, -0.05) is 12.1 Å². The molecule has 160 valence electrons. The summed E-state index contributed by atoms with van der Waals surface area (Å²) in [6.07, 6.45) is 0.933. The lowest BCUT2D eigenvalue weighted by Crippen LogP contribution is -2.38. The second-order valence-corrected chi connectivity index (χ2v) is 6.35. The third-order valence-corrected chi connectivity index (χ3v) is 4.27. The first-order valence-corrected chi connectivity index (χ1v) is 9.84. The van der Waals surface area contributed by atoms with Crippen LogP contribution in [0, 0.1) is 0 Å². The zero-order valence-electron chi connectivity index (χ0n) is 17.1. The van der Waals surface area contributed by atoms with E-state index >= 15 is 0 Å². The molecule has 0 aliphatic carbocycles. The minimum absolute atomic E-state index is 0. The van der Waals surface area contributed by atoms with Crippen molar-refractivity contribution in [1.82, 2.24) is 10.6 Å². The number of guanidine groups is 1. The van der Waals surface area contributed by atoms with Gasteiger partial charge in [0.25, 0.3) is 0 Å². The molecule has 1 heterocycles. The summed E-state index contributed by atoms with van der Waals surface area (Å²) in [6.45, 7) is 9.93. The maximum Gasteiger partial charge on any atom is 0.191 e. The van der Waals surface area contributed by atoms with E-state index in [0.29, 0.717) is 19.8 Å². The maximum atomic E-state index is 5.47. The van der Waals surface area contributed by atoms with E-state index in [1.54, 1.807) is 7.11 Å². The van der Waals surface area contributed by atoms with Gasteiger partial charge in [-0.2, -0.15) is 0 Å². The molecule has 0 spiro atoms. The first-order chi connectivity index (χ1) is 13.3. The summed E-state index contributed by atoms with van der Waals surface area (Å²) < 4.78 is 15.8. The van der Waals surface area contributed by atoms with Crippen LogP contribution in [0.25, 0.3) is 0 Å². The topological polar surface area (TPSA) is 67.4 Å². The molecule has 1 saturated heterocycles. The number of benzene rings is 1. The van der Waals surface area contributed by atoms with Gasteiger partial charge in [-0.15, -0.1) is 24.0 Å². The number of aliphatic imine (C=N–C) groups is 1. The van der Waals surface area contributed by atoms with Gasteiger partial charge in [-0.3, -0.25) is 0 Å². The van der Waals surface area contributed by atoms with Crippen molar-refractivity contribution in [3.8, 4) is 0 Å². The Hall–Kier alpha value is -1.10. The summed E-state index contributed by atoms with van der Waals surface area (Å²) in [5.41, 5.74) is 2.46. The summed E-state index contributed by atoms with van der Waals surface area (Å²) in [4.78, 5) is 7.03. The van der Waals surface area contributed by atoms with Crippen molar-refractivity contribution in [3.05, 3.63) is 29.8 Å². The largest absolute Gasteiger partial charge is 0.382 e. The van der Waals surface area contributed by atoms with Gasteiger partial charge in [0.15, 0.2) is 5.96 Å². The van der Waals surface area contributed by atoms with Gasteiger partial charge in [0.2, 0.25) is 0 Å². The van der Waals surface area contributed by atoms with Crippen LogP contribution in [0.5, 0.6) is 0 Å². The van der Waals surface area contributed by atoms with Crippen LogP contribution < -0.4 is 15.5 Å². The number of nitrogens with zero attached hydrogens (tertiary/aromatic N) is 2. The van der Waals surface area contributed by atoms with Crippen LogP contribution in [0.1, 0.15) is 18.9 Å². The fourth-order valence-electron chi connectivity index (χ4n) is 2.77. The smallest absolute Gasteiger partial charge is 0.191 e. The fourth-order valence-corrected chi connectivity index (χ4v) is 2.77. The van der Waals surface area contributed by atoms with Crippen molar-refractivity contribution in [2.45, 2.75) is 19.9 Å². The van der Waals surface area contributed by atoms with Gasteiger partial charge in [0.1, 0.15) is 0 Å². The van der Waals surface area contributed by atoms with Crippen molar-refractivity contribution in [3.63, 3.8) is 0 Å². The van der Waals surface area contributed by atoms with E-state index in [-0.39, 0.29) is 24.0 Å². The second kappa shape index (κ2) is 15.8. The molecule has 1 aliphatic rings. The van der Waals surface area contributed by atoms with E-state index in [4.69, 9.17) is 14.2 Å². The molecule has 2 rings (SSSR count). The first kappa shape index (κ1) is 24.9. The minimum Gasteiger partial charge on any atom is -0.382 e. The summed E-state index contributed by atoms with van der Waals surface area (Å²) in [7, 11) is 1.68. The number of morpholine rings is 1. The standard InChI is InChI=1S/C20H34N4O3.HI/c1-3-21-20(22-9-4-12-26-16-15-25-2)23-17-18-5-7-19(8-6-18)24-10-13-27-14-11-24;/h5-8H,3-4,9-17H2,1-2H3,(H2,21,22,23);1H. The van der Waals surface area contributed by atoms with Crippen LogP contribution >= 0.6 is 24.0 Å². The molecule has 0 bridgehead atoms. The highest BCUT2D eigenvalue weighted by atomic mass is 127. The number of halogens is 1. The molecule has 1 aliphatic heterocycles. The number of nitrogens with one attached hydrogen (secondary N) is 2. The lowest BCUT2D eigenvalue weighted by Gasteiger charge is -2.28. The molecule has 1 fully saturated rings. The molecule has 8 heteroatoms. The Morgan fingerprint density at radius 3 is 2.54 bits per heavy atom. The van der Waals surface area contributed by atoms with Gasteiger partial charge in [-0.25, -0.2) is 4.99 Å². The van der Waals surface area contributed by atoms with Gasteiger partial charge < -0.3 is 29.7 Å². The average molecular weight is 506 g/mol. The van der Waals surface area contributed by atoms with Gasteiger partial charge in [0.05, 0.1) is 33.0 Å². The third kappa shape index (κ3) is 9.90. The van der Waals surface area contributed by atoms with Crippen LogP contribution in [-0.2, 0) is 20.8 Å². The van der Waals surface area contributed by atoms with Gasteiger partial charge in [0, 0.05) is 45.6 Å². The Morgan fingerprint density at radius 2 is 1.86 bits per heavy atom. The predicted molar refractivity (Wildman–Crippen MR) is 125 cm³/mol. The van der Waals surface area contributed by atoms with Crippen molar-refractivity contribution in [2.24, 2.45) is 4.99 Å². The molecule has 0 amide bonds. The monoisotopic (exact) mass is 506 g/mol. The van der Waals surface area contributed by atoms with E-state index < -0.39 is 0 Å². The SMILES string of the molecule is CCNC(=NCc1ccc(N2CCOCC2)cc1)NCCCOCCOC.I. The molecule has 0 atom stereocenters. The van der Waals surface area contributed by atoms with Crippen molar-refractivity contribution in [1.29, 1.82) is 0 Å². The van der Waals surface area contributed by atoms with Crippen molar-refractivity contribution >= 4 is 35.6 Å². The summed E-state index contributed by atoms with van der Waals surface area (Å²) in [5, 5.41) is 6.63. The third-order valence-electron chi connectivity index (χ3n) is 4.27. The maximum absolute atomic E-state index is 5.47. The van der Waals surface area contributed by atoms with E-state index in [9.17, 15) is 0 Å². The van der Waals surface area contributed by atoms with Crippen molar-refractivity contribution in [2.75, 3.05) is 71.2 Å². The van der Waals surface area contributed by atoms with Gasteiger partial charge >= 0.3 is 0 Å². The Bertz CT molecular complexity index is 537. The second-order valence-electron chi connectivity index (χ2n) is 6.35. The number of ether oxygens (including phenoxy) is 3. The molecule has 0 saturated carbocycles. The zero-order valence-corrected chi connectivity index (χ0v) is 19.4. The Balaban J connectivity index is 0.00000392. The Morgan fingerprint density at radius 1 is 1.11 bits per heavy atom. The molecule has 0 radical (unpaired) electrons. The predicted octanol–water partition coefficient (Wildman–Crippen LogP) is 2.25. The highest BCUT2D eigenvalue weighted by molar-refractivity contribution is 14.0. The van der Waals surface area contributed by atoms with E-state index in [1.165, 1.54) is 11.3 Å². The first-order valence-electron chi connectivity index (χ1n) is 9.84. The number of rotatable bonds is 11. The van der Waals surface area contributed by atoms with Gasteiger partial charge in [-0.05, 0) is 31.0 Å². The summed E-state index contributed by atoms with van der Waals surface area (Å²) in [5.74, 6) is 0.839. The highest BCUT2D eigenvalue weighted by Gasteiger charge is 2.10. The Labute approximate surface area is 186 Å². The summed E-state index contributed by atoms with van der Waals surface area (Å²) in [6, 6.07) is 8.66. The van der Waals surface area contributed by atoms with E-state index in [0.717, 1.165) is 58.4 Å². The quantitative estimate of drug-likeness (QED) is 0.208. The molecule has 0 aromatic heterocycles. The lowest BCUT2D eigenvalue weighted by molar-refractivity contribution is 0.0698. The normalized spacial score (nSPS) is 14.5. The van der Waals surface area contributed by atoms with Crippen LogP contribution in [0.3, 0.4) is 0 Å². The number of anilines is 1. The average Bonchev–Trinajstić information content (AvgIpc) is 2.72. The number of hydrogen-bond acceptors (Lipinski definition) is 5. The molecule has 2 N–H and O–H groups in total. The van der Waals surface area contributed by atoms with Crippen LogP contribution in [0.2, 0.25) is 0 Å². The van der Waals surface area contributed by atoms with E-state index in [1.807, 2.05) is 0 Å². The number of hydrogen-bond donors (Lipinski definition) is 2. The van der Waals surface area contributed by atoms with Crippen LogP contribution in [0.4, 0.5) is 5.69 Å². The van der Waals surface area contributed by atoms with E-state index in [2.05, 4.69) is 51.7 Å². The molecular weight excluding hydrogens is 471 g/mol. The molecular formula is C20H35IN4O3. The zero-order chi connectivity index (χ0) is 19.2. The highest BCUT2D eigenvalue weighted by Crippen LogP contribution is 2.17. The lowest BCUT2D eigenvalue weighted by atomic mass is 10.2. The number of methoxy groups -OCH3 is 1. The minimum atomic E-state index is 0. The molecule has 1 aromatic rings. The summed E-state index contributed by atoms with van der Waals surface area (Å²) >= 11 is 0. The van der Waals surface area contributed by atoms with Crippen LogP contribution in [0.15, 0.2) is 29.3 Å². The fraction of sp³-hybridized carbons (Fsp3) is 0.650. The van der Waals surface area contributed by atoms with Crippen LogP contribution in [-0.4, -0.2) is 72.3 Å². The molecule has 28 heavy (non-hydrogen) atoms. The molecule has 7 nitrogen and oxygen atoms in total. The Kier molecular flexibility index (Phi) is 14.1.